The minimum Gasteiger partial charge on any atom is -0.508 e. The molecule has 44 heavy (non-hydrogen) atoms. The summed E-state index contributed by atoms with van der Waals surface area (Å²) in [6, 6.07) is 6.20. The van der Waals surface area contributed by atoms with Gasteiger partial charge in [-0.2, -0.15) is 18.2 Å². The van der Waals surface area contributed by atoms with Crippen LogP contribution < -0.4 is 9.75 Å². The number of amides is 2. The largest absolute Gasteiger partial charge is 0.508 e. The van der Waals surface area contributed by atoms with E-state index < -0.39 is 59.0 Å². The first kappa shape index (κ1) is 29.6. The van der Waals surface area contributed by atoms with Crippen LogP contribution in [0.15, 0.2) is 64.8 Å². The number of phenols is 1. The van der Waals surface area contributed by atoms with Crippen molar-refractivity contribution in [1.29, 1.82) is 0 Å². The molecule has 6 rings (SSSR count). The molecule has 0 spiro atoms. The molecule has 1 fully saturated rings. The van der Waals surface area contributed by atoms with Gasteiger partial charge in [-0.05, 0) is 62.1 Å². The van der Waals surface area contributed by atoms with Gasteiger partial charge in [0.05, 0.1) is 24.0 Å². The third-order valence-corrected chi connectivity index (χ3v) is 9.11. The van der Waals surface area contributed by atoms with E-state index in [1.807, 2.05) is 0 Å². The molecule has 4 atom stereocenters. The van der Waals surface area contributed by atoms with Gasteiger partial charge in [0.1, 0.15) is 17.2 Å². The first-order valence-electron chi connectivity index (χ1n) is 13.7. The number of pyridine rings is 1. The number of carbonyl (C=O) groups is 4. The molecule has 1 aromatic heterocycles. The zero-order valence-electron chi connectivity index (χ0n) is 23.6. The number of alkyl halides is 3. The Hall–Kier alpha value is -4.45. The summed E-state index contributed by atoms with van der Waals surface area (Å²) in [6.45, 7) is 1.53. The van der Waals surface area contributed by atoms with Crippen molar-refractivity contribution < 1.29 is 42.2 Å². The molecule has 4 unspecified atom stereocenters. The number of ketones is 2. The van der Waals surface area contributed by atoms with Crippen LogP contribution in [0.4, 0.5) is 19.0 Å². The van der Waals surface area contributed by atoms with Crippen molar-refractivity contribution in [3.8, 4) is 11.5 Å². The summed E-state index contributed by atoms with van der Waals surface area (Å²) >= 11 is 6.18. The fourth-order valence-corrected chi connectivity index (χ4v) is 7.03. The molecule has 1 N–H and O–H groups in total. The first-order chi connectivity index (χ1) is 20.7. The molecule has 1 aliphatic heterocycles. The molecule has 0 radical (unpaired) electrons. The number of rotatable bonds is 4. The maximum atomic E-state index is 14.1. The van der Waals surface area contributed by atoms with Gasteiger partial charge >= 0.3 is 6.18 Å². The highest BCUT2D eigenvalue weighted by molar-refractivity contribution is 6.33. The number of fused-ring (bicyclic) bond motifs is 3. The number of hydrogen-bond donors (Lipinski definition) is 1. The van der Waals surface area contributed by atoms with Crippen molar-refractivity contribution in [2.75, 3.05) is 19.2 Å². The molecule has 0 saturated carbocycles. The van der Waals surface area contributed by atoms with Crippen molar-refractivity contribution in [3.05, 3.63) is 81.1 Å². The molecule has 228 valence electrons. The molecule has 1 aromatic carbocycles. The summed E-state index contributed by atoms with van der Waals surface area (Å²) in [4.78, 5) is 58.2. The summed E-state index contributed by atoms with van der Waals surface area (Å²) in [7, 11) is 2.67. The Morgan fingerprint density at radius 2 is 1.82 bits per heavy atom. The van der Waals surface area contributed by atoms with Gasteiger partial charge in [-0.3, -0.25) is 24.2 Å². The number of aromatic hydroxyl groups is 1. The Bertz CT molecular complexity index is 1760. The molecule has 13 heteroatoms. The number of hydrogen-bond acceptors (Lipinski definition) is 8. The van der Waals surface area contributed by atoms with Crippen LogP contribution in [0.1, 0.15) is 36.9 Å². The number of phenolic OH excluding ortho intramolecular Hbond substituents is 1. The molecule has 0 bridgehead atoms. The van der Waals surface area contributed by atoms with E-state index in [1.54, 1.807) is 18.2 Å². The molecule has 1 saturated heterocycles. The van der Waals surface area contributed by atoms with E-state index in [1.165, 1.54) is 33.2 Å². The summed E-state index contributed by atoms with van der Waals surface area (Å²) in [5.41, 5.74) is 0.258. The van der Waals surface area contributed by atoms with Crippen LogP contribution in [-0.4, -0.2) is 52.6 Å². The molecular weight excluding hydrogens is 603 g/mol. The number of benzene rings is 1. The maximum Gasteiger partial charge on any atom is 0.433 e. The number of hydrazine groups is 1. The third-order valence-electron chi connectivity index (χ3n) is 8.81. The van der Waals surface area contributed by atoms with E-state index in [9.17, 15) is 37.5 Å². The van der Waals surface area contributed by atoms with Gasteiger partial charge in [0, 0.05) is 35.2 Å². The molecule has 3 aliphatic carbocycles. The van der Waals surface area contributed by atoms with E-state index in [4.69, 9.17) is 16.3 Å². The average molecular weight is 628 g/mol. The number of nitrogens with zero attached hydrogens (tertiary/aromatic N) is 3. The molecule has 2 amide bonds. The molecule has 2 heterocycles. The van der Waals surface area contributed by atoms with Gasteiger partial charge in [0.25, 0.3) is 11.8 Å². The number of imide groups is 1. The zero-order valence-corrected chi connectivity index (χ0v) is 24.4. The highest BCUT2D eigenvalue weighted by Gasteiger charge is 2.58. The lowest BCUT2D eigenvalue weighted by Crippen LogP contribution is -2.46. The smallest absolute Gasteiger partial charge is 0.433 e. The predicted octanol–water partition coefficient (Wildman–Crippen LogP) is 4.95. The van der Waals surface area contributed by atoms with Crippen molar-refractivity contribution >= 4 is 40.8 Å². The minimum atomic E-state index is -4.79. The van der Waals surface area contributed by atoms with Crippen molar-refractivity contribution in [2.45, 2.75) is 31.9 Å². The molecule has 4 aliphatic rings. The van der Waals surface area contributed by atoms with Crippen molar-refractivity contribution in [3.63, 3.8) is 0 Å². The number of allylic oxidation sites excluding steroid dienone is 6. The fraction of sp³-hybridized carbons (Fsp3) is 0.323. The summed E-state index contributed by atoms with van der Waals surface area (Å²) in [5, 5.41) is 12.4. The molecule has 2 aromatic rings. The fourth-order valence-electron chi connectivity index (χ4n) is 6.80. The van der Waals surface area contributed by atoms with Gasteiger partial charge < -0.3 is 9.84 Å². The number of carbonyl (C=O) groups excluding carboxylic acids is 4. The van der Waals surface area contributed by atoms with Gasteiger partial charge in [0.15, 0.2) is 17.4 Å². The van der Waals surface area contributed by atoms with Crippen LogP contribution >= 0.6 is 11.6 Å². The first-order valence-corrected chi connectivity index (χ1v) is 14.0. The van der Waals surface area contributed by atoms with Gasteiger partial charge in [0.2, 0.25) is 0 Å². The Kier molecular flexibility index (Phi) is 6.95. The SMILES string of the molecule is COc1ccc(O)c(C2C3=CCC4C(=O)N(N(C)c5nc(C(F)(F)F)ccc5Cl)C(=O)C4C3CC3=C2C(=O)C(C)=CC3=O)c1. The second kappa shape index (κ2) is 10.3. The molecular formula is C31H25ClF3N3O6. The van der Waals surface area contributed by atoms with Crippen LogP contribution in [-0.2, 0) is 25.4 Å². The zero-order chi connectivity index (χ0) is 31.8. The molecule has 9 nitrogen and oxygen atoms in total. The second-order valence-corrected chi connectivity index (χ2v) is 11.6. The summed E-state index contributed by atoms with van der Waals surface area (Å²) < 4.78 is 45.6. The highest BCUT2D eigenvalue weighted by Crippen LogP contribution is 2.56. The predicted molar refractivity (Wildman–Crippen MR) is 150 cm³/mol. The minimum absolute atomic E-state index is 0.0168. The lowest BCUT2D eigenvalue weighted by atomic mass is 9.59. The summed E-state index contributed by atoms with van der Waals surface area (Å²) in [6.07, 6.45) is -1.74. The monoisotopic (exact) mass is 627 g/mol. The third kappa shape index (κ3) is 4.42. The number of Topliss-reactive ketones (excluding diaryl/α,β-unsaturated/α-hetero) is 1. The van der Waals surface area contributed by atoms with Crippen molar-refractivity contribution in [1.82, 2.24) is 9.99 Å². The Labute approximate surface area is 254 Å². The van der Waals surface area contributed by atoms with Crippen LogP contribution in [0.3, 0.4) is 0 Å². The van der Waals surface area contributed by atoms with Crippen LogP contribution in [0.5, 0.6) is 11.5 Å². The van der Waals surface area contributed by atoms with Crippen LogP contribution in [0.2, 0.25) is 5.02 Å². The van der Waals surface area contributed by atoms with Gasteiger partial charge in [-0.1, -0.05) is 23.3 Å². The lowest BCUT2D eigenvalue weighted by molar-refractivity contribution is -0.141. The second-order valence-electron chi connectivity index (χ2n) is 11.2. The lowest BCUT2D eigenvalue weighted by Gasteiger charge is -2.42. The van der Waals surface area contributed by atoms with Gasteiger partial charge in [-0.15, -0.1) is 0 Å². The van der Waals surface area contributed by atoms with E-state index in [2.05, 4.69) is 4.98 Å². The maximum absolute atomic E-state index is 14.1. The van der Waals surface area contributed by atoms with E-state index in [-0.39, 0.29) is 46.1 Å². The van der Waals surface area contributed by atoms with E-state index in [0.29, 0.717) is 23.0 Å². The Morgan fingerprint density at radius 3 is 2.50 bits per heavy atom. The van der Waals surface area contributed by atoms with Crippen LogP contribution in [0, 0.1) is 17.8 Å². The normalized spacial score (nSPS) is 24.9. The number of anilines is 1. The topological polar surface area (TPSA) is 117 Å². The number of methoxy groups -OCH3 is 1. The number of halogens is 4. The van der Waals surface area contributed by atoms with E-state index >= 15 is 0 Å². The Balaban J connectivity index is 1.45. The summed E-state index contributed by atoms with van der Waals surface area (Å²) in [5.74, 6) is -5.86. The Morgan fingerprint density at radius 1 is 1.09 bits per heavy atom. The van der Waals surface area contributed by atoms with Crippen LogP contribution in [0.25, 0.3) is 0 Å². The number of ether oxygens (including phenoxy) is 1. The van der Waals surface area contributed by atoms with Gasteiger partial charge in [-0.25, -0.2) is 4.98 Å². The van der Waals surface area contributed by atoms with E-state index in [0.717, 1.165) is 16.1 Å². The van der Waals surface area contributed by atoms with Crippen molar-refractivity contribution in [2.24, 2.45) is 17.8 Å². The standard InChI is InChI=1S/C31H25ClF3N3O6/c1-13-10-22(40)19-12-17-15(24(26(19)27(13)41)18-11-14(44-3)4-8-21(18)39)5-6-16-25(17)30(43)38(29(16)42)37(2)28-20(32)7-9-23(36-28)31(33,34)35/h4-5,7-11,16-17,24-25,39H,6,12H2,1-3H3. The average Bonchev–Trinajstić information content (AvgIpc) is 3.24. The number of aromatic nitrogens is 1. The quantitative estimate of drug-likeness (QED) is 0.288. The highest BCUT2D eigenvalue weighted by atomic mass is 35.5.